The predicted molar refractivity (Wildman–Crippen MR) is 94.2 cm³/mol. The van der Waals surface area contributed by atoms with Gasteiger partial charge in [0.15, 0.2) is 0 Å². The van der Waals surface area contributed by atoms with Crippen LogP contribution in [-0.2, 0) is 16.4 Å². The lowest BCUT2D eigenvalue weighted by Gasteiger charge is -2.29. The van der Waals surface area contributed by atoms with Gasteiger partial charge >= 0.3 is 0 Å². The molecule has 1 atom stereocenters. The van der Waals surface area contributed by atoms with Crippen molar-refractivity contribution in [1.82, 2.24) is 4.31 Å². The van der Waals surface area contributed by atoms with Crippen molar-refractivity contribution in [1.29, 1.82) is 0 Å². The molecule has 0 heterocycles. The molecule has 3 rings (SSSR count). The summed E-state index contributed by atoms with van der Waals surface area (Å²) in [5.74, 6) is -0.562. The SMILES string of the molecule is Cc1cc(F)cc(S(=O)(=O)N(CCCO)C2CCc3ccccc32)c1. The van der Waals surface area contributed by atoms with Crippen molar-refractivity contribution in [3.8, 4) is 0 Å². The molecular weight excluding hydrogens is 341 g/mol. The molecular formula is C19H22FNO3S. The van der Waals surface area contributed by atoms with Gasteiger partial charge in [0.1, 0.15) is 5.82 Å². The van der Waals surface area contributed by atoms with E-state index in [4.69, 9.17) is 0 Å². The molecule has 0 bridgehead atoms. The molecule has 1 aliphatic rings. The lowest BCUT2D eigenvalue weighted by molar-refractivity contribution is 0.249. The predicted octanol–water partition coefficient (Wildman–Crippen LogP) is 3.19. The fourth-order valence-electron chi connectivity index (χ4n) is 3.49. The number of nitrogens with zero attached hydrogens (tertiary/aromatic N) is 1. The van der Waals surface area contributed by atoms with Crippen LogP contribution in [0.5, 0.6) is 0 Å². The first-order chi connectivity index (χ1) is 11.9. The van der Waals surface area contributed by atoms with Crippen LogP contribution in [0, 0.1) is 12.7 Å². The Kier molecular flexibility index (Phi) is 5.22. The minimum absolute atomic E-state index is 0.0349. The van der Waals surface area contributed by atoms with E-state index in [0.717, 1.165) is 23.6 Å². The first-order valence-corrected chi connectivity index (χ1v) is 9.85. The second-order valence-electron chi connectivity index (χ2n) is 6.41. The number of rotatable bonds is 6. The van der Waals surface area contributed by atoms with Crippen LogP contribution in [0.25, 0.3) is 0 Å². The zero-order chi connectivity index (χ0) is 18.0. The largest absolute Gasteiger partial charge is 0.396 e. The van der Waals surface area contributed by atoms with Gasteiger partial charge in [-0.2, -0.15) is 4.31 Å². The van der Waals surface area contributed by atoms with Gasteiger partial charge in [-0.05, 0) is 61.1 Å². The Hall–Kier alpha value is -1.76. The standard InChI is InChI=1S/C19H22FNO3S/c1-14-11-16(20)13-17(12-14)25(23,24)21(9-4-10-22)19-8-7-15-5-2-3-6-18(15)19/h2-3,5-6,11-13,19,22H,4,7-10H2,1H3. The topological polar surface area (TPSA) is 57.6 Å². The molecule has 134 valence electrons. The number of fused-ring (bicyclic) bond motifs is 1. The van der Waals surface area contributed by atoms with Gasteiger partial charge in [-0.1, -0.05) is 24.3 Å². The Balaban J connectivity index is 2.04. The maximum atomic E-state index is 13.8. The normalized spacial score (nSPS) is 17.0. The van der Waals surface area contributed by atoms with E-state index in [2.05, 4.69) is 0 Å². The molecule has 1 aliphatic carbocycles. The Morgan fingerprint density at radius 2 is 2.00 bits per heavy atom. The van der Waals surface area contributed by atoms with Crippen LogP contribution in [-0.4, -0.2) is 31.0 Å². The van der Waals surface area contributed by atoms with Crippen molar-refractivity contribution >= 4 is 10.0 Å². The van der Waals surface area contributed by atoms with Crippen molar-refractivity contribution in [3.63, 3.8) is 0 Å². The summed E-state index contributed by atoms with van der Waals surface area (Å²) in [6, 6.07) is 11.4. The second-order valence-corrected chi connectivity index (χ2v) is 8.30. The summed E-state index contributed by atoms with van der Waals surface area (Å²) in [5, 5.41) is 9.20. The number of aliphatic hydroxyl groups is 1. The molecule has 6 heteroatoms. The van der Waals surface area contributed by atoms with Crippen LogP contribution in [0.3, 0.4) is 0 Å². The Morgan fingerprint density at radius 3 is 2.72 bits per heavy atom. The third-order valence-corrected chi connectivity index (χ3v) is 6.49. The van der Waals surface area contributed by atoms with Crippen LogP contribution in [0.15, 0.2) is 47.4 Å². The van der Waals surface area contributed by atoms with Gasteiger partial charge in [-0.3, -0.25) is 0 Å². The van der Waals surface area contributed by atoms with Gasteiger partial charge in [-0.25, -0.2) is 12.8 Å². The summed E-state index contributed by atoms with van der Waals surface area (Å²) in [5.41, 5.74) is 2.71. The molecule has 0 aromatic heterocycles. The zero-order valence-electron chi connectivity index (χ0n) is 14.2. The first kappa shape index (κ1) is 18.0. The highest BCUT2D eigenvalue weighted by Gasteiger charge is 2.36. The van der Waals surface area contributed by atoms with Crippen LogP contribution in [0.2, 0.25) is 0 Å². The number of aryl methyl sites for hydroxylation is 2. The highest BCUT2D eigenvalue weighted by molar-refractivity contribution is 7.89. The van der Waals surface area contributed by atoms with Crippen LogP contribution in [0.4, 0.5) is 4.39 Å². The Morgan fingerprint density at radius 1 is 1.24 bits per heavy atom. The molecule has 2 aromatic rings. The van der Waals surface area contributed by atoms with Gasteiger partial charge in [0.05, 0.1) is 10.9 Å². The number of hydrogen-bond donors (Lipinski definition) is 1. The highest BCUT2D eigenvalue weighted by Crippen LogP contribution is 2.38. The maximum Gasteiger partial charge on any atom is 0.243 e. The molecule has 0 aliphatic heterocycles. The number of sulfonamides is 1. The summed E-state index contributed by atoms with van der Waals surface area (Å²) in [7, 11) is -3.86. The summed E-state index contributed by atoms with van der Waals surface area (Å²) in [6.45, 7) is 1.78. The van der Waals surface area contributed by atoms with Gasteiger partial charge < -0.3 is 5.11 Å². The molecule has 0 radical (unpaired) electrons. The fourth-order valence-corrected chi connectivity index (χ4v) is 5.28. The minimum atomic E-state index is -3.86. The van der Waals surface area contributed by atoms with E-state index in [1.807, 2.05) is 24.3 Å². The van der Waals surface area contributed by atoms with Crippen LogP contribution in [0.1, 0.15) is 35.6 Å². The smallest absolute Gasteiger partial charge is 0.243 e. The number of benzene rings is 2. The monoisotopic (exact) mass is 363 g/mol. The summed E-state index contributed by atoms with van der Waals surface area (Å²) < 4.78 is 41.6. The summed E-state index contributed by atoms with van der Waals surface area (Å²) in [6.07, 6.45) is 1.85. The van der Waals surface area contributed by atoms with Crippen LogP contribution < -0.4 is 0 Å². The molecule has 0 spiro atoms. The van der Waals surface area contributed by atoms with Gasteiger partial charge in [0.25, 0.3) is 0 Å². The molecule has 1 N–H and O–H groups in total. The Bertz CT molecular complexity index is 846. The average molecular weight is 363 g/mol. The molecule has 25 heavy (non-hydrogen) atoms. The Labute approximate surface area is 148 Å². The number of halogens is 1. The third-order valence-electron chi connectivity index (χ3n) is 4.61. The maximum absolute atomic E-state index is 13.8. The van der Waals surface area contributed by atoms with Crippen molar-refractivity contribution in [2.45, 2.75) is 37.1 Å². The summed E-state index contributed by atoms with van der Waals surface area (Å²) >= 11 is 0. The minimum Gasteiger partial charge on any atom is -0.396 e. The van der Waals surface area contributed by atoms with Gasteiger partial charge in [0, 0.05) is 13.2 Å². The van der Waals surface area contributed by atoms with E-state index in [9.17, 15) is 17.9 Å². The fraction of sp³-hybridized carbons (Fsp3) is 0.368. The lowest BCUT2D eigenvalue weighted by Crippen LogP contribution is -2.35. The molecule has 4 nitrogen and oxygen atoms in total. The summed E-state index contributed by atoms with van der Waals surface area (Å²) in [4.78, 5) is -0.0349. The molecule has 0 fully saturated rings. The van der Waals surface area contributed by atoms with Crippen molar-refractivity contribution in [3.05, 3.63) is 65.0 Å². The van der Waals surface area contributed by atoms with Crippen molar-refractivity contribution < 1.29 is 17.9 Å². The molecule has 0 saturated heterocycles. The third kappa shape index (κ3) is 3.61. The van der Waals surface area contributed by atoms with Gasteiger partial charge in [-0.15, -0.1) is 0 Å². The van der Waals surface area contributed by atoms with E-state index in [1.165, 1.54) is 16.4 Å². The van der Waals surface area contributed by atoms with E-state index < -0.39 is 15.8 Å². The lowest BCUT2D eigenvalue weighted by atomic mass is 10.1. The van der Waals surface area contributed by atoms with Gasteiger partial charge in [0.2, 0.25) is 10.0 Å². The first-order valence-electron chi connectivity index (χ1n) is 8.41. The molecule has 0 saturated carbocycles. The molecule has 2 aromatic carbocycles. The van der Waals surface area contributed by atoms with Crippen LogP contribution >= 0.6 is 0 Å². The van der Waals surface area contributed by atoms with E-state index in [0.29, 0.717) is 18.4 Å². The van der Waals surface area contributed by atoms with E-state index in [1.54, 1.807) is 6.92 Å². The quantitative estimate of drug-likeness (QED) is 0.857. The van der Waals surface area contributed by atoms with Crippen molar-refractivity contribution in [2.24, 2.45) is 0 Å². The van der Waals surface area contributed by atoms with Crippen molar-refractivity contribution in [2.75, 3.05) is 13.2 Å². The molecule has 1 unspecified atom stereocenters. The van der Waals surface area contributed by atoms with E-state index in [-0.39, 0.29) is 24.1 Å². The number of hydrogen-bond acceptors (Lipinski definition) is 3. The second kappa shape index (κ2) is 7.23. The average Bonchev–Trinajstić information content (AvgIpc) is 2.98. The highest BCUT2D eigenvalue weighted by atomic mass is 32.2. The van der Waals surface area contributed by atoms with E-state index >= 15 is 0 Å². The zero-order valence-corrected chi connectivity index (χ0v) is 15.0. The number of aliphatic hydroxyl groups excluding tert-OH is 1. The molecule has 0 amide bonds.